The number of hydrogen-bond acceptors (Lipinski definition) is 6. The first kappa shape index (κ1) is 24.3. The summed E-state index contributed by atoms with van der Waals surface area (Å²) in [6, 6.07) is 18.0. The zero-order valence-corrected chi connectivity index (χ0v) is 21.5. The van der Waals surface area contributed by atoms with Crippen LogP contribution >= 0.6 is 0 Å². The molecule has 3 heterocycles. The molecule has 3 aromatic heterocycles. The quantitative estimate of drug-likeness (QED) is 0.279. The van der Waals surface area contributed by atoms with Crippen molar-refractivity contribution in [2.24, 2.45) is 0 Å². The van der Waals surface area contributed by atoms with Crippen LogP contribution in [0.25, 0.3) is 27.8 Å². The standard InChI is InChI=1S/C30H29N3O4/c1-18-15-22(19(2)32-24-11-7-6-9-20(24)29(35)37-30(3,4)5)28-23(16-18)26(34)17-27(36-28)21-10-8-14-33-25(21)12-13-31-33/h6-17,19,32H,1-5H3. The molecule has 5 rings (SSSR count). The number of aryl methyl sites for hydroxylation is 1. The number of para-hydroxylation sites is 1. The van der Waals surface area contributed by atoms with Gasteiger partial charge in [0.05, 0.1) is 28.7 Å². The van der Waals surface area contributed by atoms with Gasteiger partial charge in [-0.15, -0.1) is 0 Å². The molecule has 0 spiro atoms. The SMILES string of the molecule is Cc1cc(C(C)Nc2ccccc2C(=O)OC(C)(C)C)c2oc(-c3cccn4nccc34)cc(=O)c2c1. The molecule has 0 saturated heterocycles. The molecule has 1 atom stereocenters. The van der Waals surface area contributed by atoms with Crippen molar-refractivity contribution in [3.63, 3.8) is 0 Å². The topological polar surface area (TPSA) is 85.8 Å². The Bertz CT molecular complexity index is 1690. The van der Waals surface area contributed by atoms with E-state index in [2.05, 4.69) is 10.4 Å². The molecule has 0 aliphatic heterocycles. The third kappa shape index (κ3) is 4.85. The fourth-order valence-electron chi connectivity index (χ4n) is 4.48. The van der Waals surface area contributed by atoms with Crippen LogP contribution in [-0.4, -0.2) is 21.2 Å². The van der Waals surface area contributed by atoms with Crippen LogP contribution in [0.15, 0.2) is 82.3 Å². The number of hydrogen-bond donors (Lipinski definition) is 1. The Morgan fingerprint density at radius 3 is 2.65 bits per heavy atom. The number of fused-ring (bicyclic) bond motifs is 2. The van der Waals surface area contributed by atoms with E-state index in [4.69, 9.17) is 9.15 Å². The van der Waals surface area contributed by atoms with E-state index in [0.717, 1.165) is 22.2 Å². The number of esters is 1. The first-order valence-corrected chi connectivity index (χ1v) is 12.2. The molecule has 0 bridgehead atoms. The summed E-state index contributed by atoms with van der Waals surface area (Å²) in [5.41, 5.74) is 4.23. The summed E-state index contributed by atoms with van der Waals surface area (Å²) in [7, 11) is 0. The molecule has 0 saturated carbocycles. The highest BCUT2D eigenvalue weighted by molar-refractivity contribution is 5.96. The van der Waals surface area contributed by atoms with Gasteiger partial charge >= 0.3 is 5.97 Å². The first-order chi connectivity index (χ1) is 17.6. The number of pyridine rings is 1. The molecule has 0 amide bonds. The summed E-state index contributed by atoms with van der Waals surface area (Å²) in [5, 5.41) is 8.24. The molecule has 5 aromatic rings. The Balaban J connectivity index is 1.59. The molecule has 188 valence electrons. The molecule has 37 heavy (non-hydrogen) atoms. The van der Waals surface area contributed by atoms with Gasteiger partial charge in [0, 0.05) is 29.1 Å². The van der Waals surface area contributed by atoms with E-state index in [1.165, 1.54) is 6.07 Å². The van der Waals surface area contributed by atoms with Crippen molar-refractivity contribution in [1.29, 1.82) is 0 Å². The monoisotopic (exact) mass is 495 g/mol. The highest BCUT2D eigenvalue weighted by atomic mass is 16.6. The van der Waals surface area contributed by atoms with Crippen LogP contribution in [-0.2, 0) is 4.74 Å². The molecular weight excluding hydrogens is 466 g/mol. The number of nitrogens with zero attached hydrogens (tertiary/aromatic N) is 2. The van der Waals surface area contributed by atoms with Crippen molar-refractivity contribution in [2.45, 2.75) is 46.3 Å². The van der Waals surface area contributed by atoms with Crippen LogP contribution in [0.2, 0.25) is 0 Å². The van der Waals surface area contributed by atoms with E-state index < -0.39 is 11.6 Å². The van der Waals surface area contributed by atoms with Gasteiger partial charge in [0.2, 0.25) is 0 Å². The van der Waals surface area contributed by atoms with Gasteiger partial charge in [-0.05, 0) is 76.6 Å². The van der Waals surface area contributed by atoms with Gasteiger partial charge < -0.3 is 14.5 Å². The zero-order chi connectivity index (χ0) is 26.3. The van der Waals surface area contributed by atoms with E-state index in [1.807, 2.05) is 83.3 Å². The maximum absolute atomic E-state index is 13.2. The Morgan fingerprint density at radius 1 is 1.08 bits per heavy atom. The summed E-state index contributed by atoms with van der Waals surface area (Å²) in [4.78, 5) is 26.1. The van der Waals surface area contributed by atoms with Crippen LogP contribution < -0.4 is 10.7 Å². The molecule has 0 aliphatic rings. The van der Waals surface area contributed by atoms with Gasteiger partial charge in [0.25, 0.3) is 0 Å². The van der Waals surface area contributed by atoms with Crippen LogP contribution in [0.1, 0.15) is 55.2 Å². The van der Waals surface area contributed by atoms with Crippen molar-refractivity contribution in [1.82, 2.24) is 9.61 Å². The number of carbonyl (C=O) groups is 1. The smallest absolute Gasteiger partial charge is 0.340 e. The zero-order valence-electron chi connectivity index (χ0n) is 21.5. The van der Waals surface area contributed by atoms with Gasteiger partial charge in [0.15, 0.2) is 5.43 Å². The van der Waals surface area contributed by atoms with E-state index >= 15 is 0 Å². The third-order valence-electron chi connectivity index (χ3n) is 6.09. The lowest BCUT2D eigenvalue weighted by molar-refractivity contribution is 0.00706. The Morgan fingerprint density at radius 2 is 1.86 bits per heavy atom. The minimum absolute atomic E-state index is 0.121. The largest absolute Gasteiger partial charge is 0.456 e. The van der Waals surface area contributed by atoms with Crippen molar-refractivity contribution < 1.29 is 13.9 Å². The van der Waals surface area contributed by atoms with Crippen LogP contribution in [0.4, 0.5) is 5.69 Å². The second-order valence-corrected chi connectivity index (χ2v) is 10.2. The van der Waals surface area contributed by atoms with Crippen LogP contribution in [0, 0.1) is 6.92 Å². The summed E-state index contributed by atoms with van der Waals surface area (Å²) in [5.74, 6) is 0.0645. The highest BCUT2D eigenvalue weighted by Crippen LogP contribution is 2.32. The number of carbonyl (C=O) groups excluding carboxylic acids is 1. The first-order valence-electron chi connectivity index (χ1n) is 12.2. The molecular formula is C30H29N3O4. The van der Waals surface area contributed by atoms with Crippen molar-refractivity contribution >= 4 is 28.1 Å². The van der Waals surface area contributed by atoms with Crippen LogP contribution in [0.5, 0.6) is 0 Å². The molecule has 7 nitrogen and oxygen atoms in total. The number of aromatic nitrogens is 2. The minimum atomic E-state index is -0.610. The average Bonchev–Trinajstić information content (AvgIpc) is 3.32. The predicted octanol–water partition coefficient (Wildman–Crippen LogP) is 6.54. The maximum Gasteiger partial charge on any atom is 0.340 e. The Hall–Kier alpha value is -4.39. The van der Waals surface area contributed by atoms with Crippen molar-refractivity contribution in [3.05, 3.63) is 100.0 Å². The molecule has 1 N–H and O–H groups in total. The van der Waals surface area contributed by atoms with Crippen molar-refractivity contribution in [2.75, 3.05) is 5.32 Å². The van der Waals surface area contributed by atoms with E-state index in [1.54, 1.807) is 22.8 Å². The maximum atomic E-state index is 13.2. The molecule has 7 heteroatoms. The van der Waals surface area contributed by atoms with Gasteiger partial charge in [-0.25, -0.2) is 9.31 Å². The van der Waals surface area contributed by atoms with E-state index in [0.29, 0.717) is 28.0 Å². The summed E-state index contributed by atoms with van der Waals surface area (Å²) in [6.07, 6.45) is 3.56. The number of anilines is 1. The summed E-state index contributed by atoms with van der Waals surface area (Å²) >= 11 is 0. The summed E-state index contributed by atoms with van der Waals surface area (Å²) in [6.45, 7) is 9.45. The number of rotatable bonds is 5. The molecule has 0 aliphatic carbocycles. The number of nitrogens with one attached hydrogen (secondary N) is 1. The van der Waals surface area contributed by atoms with Crippen LogP contribution in [0.3, 0.4) is 0 Å². The van der Waals surface area contributed by atoms with Gasteiger partial charge in [0.1, 0.15) is 16.9 Å². The van der Waals surface area contributed by atoms with Gasteiger partial charge in [-0.1, -0.05) is 18.2 Å². The fraction of sp³-hybridized carbons (Fsp3) is 0.233. The lowest BCUT2D eigenvalue weighted by atomic mass is 10.00. The van der Waals surface area contributed by atoms with Crippen molar-refractivity contribution in [3.8, 4) is 11.3 Å². The highest BCUT2D eigenvalue weighted by Gasteiger charge is 2.22. The second kappa shape index (κ2) is 9.24. The number of ether oxygens (including phenoxy) is 1. The molecule has 1 unspecified atom stereocenters. The third-order valence-corrected chi connectivity index (χ3v) is 6.09. The molecule has 0 fully saturated rings. The minimum Gasteiger partial charge on any atom is -0.456 e. The molecule has 2 aromatic carbocycles. The summed E-state index contributed by atoms with van der Waals surface area (Å²) < 4.78 is 13.8. The normalized spacial score (nSPS) is 12.6. The Labute approximate surface area is 214 Å². The average molecular weight is 496 g/mol. The number of benzene rings is 2. The van der Waals surface area contributed by atoms with E-state index in [-0.39, 0.29) is 11.5 Å². The predicted molar refractivity (Wildman–Crippen MR) is 145 cm³/mol. The Kier molecular flexibility index (Phi) is 6.07. The fourth-order valence-corrected chi connectivity index (χ4v) is 4.48. The lowest BCUT2D eigenvalue weighted by Gasteiger charge is -2.22. The molecule has 0 radical (unpaired) electrons. The van der Waals surface area contributed by atoms with Gasteiger partial charge in [-0.2, -0.15) is 5.10 Å². The lowest BCUT2D eigenvalue weighted by Crippen LogP contribution is -2.24. The second-order valence-electron chi connectivity index (χ2n) is 10.2. The van der Waals surface area contributed by atoms with E-state index in [9.17, 15) is 9.59 Å². The van der Waals surface area contributed by atoms with Gasteiger partial charge in [-0.3, -0.25) is 4.79 Å².